The first-order valence-electron chi connectivity index (χ1n) is 5.92. The van der Waals surface area contributed by atoms with Crippen molar-refractivity contribution in [1.82, 2.24) is 0 Å². The Balaban J connectivity index is 2.45. The average molecular weight is 204 g/mol. The molecule has 1 heteroatoms. The Morgan fingerprint density at radius 1 is 1.33 bits per heavy atom. The van der Waals surface area contributed by atoms with Gasteiger partial charge in [0.25, 0.3) is 0 Å². The van der Waals surface area contributed by atoms with Gasteiger partial charge in [0, 0.05) is 5.54 Å². The zero-order valence-corrected chi connectivity index (χ0v) is 9.92. The largest absolute Gasteiger partial charge is 0.322 e. The van der Waals surface area contributed by atoms with Gasteiger partial charge in [-0.2, -0.15) is 0 Å². The van der Waals surface area contributed by atoms with Crippen molar-refractivity contribution in [2.24, 2.45) is 5.73 Å². The first-order valence-corrected chi connectivity index (χ1v) is 5.92. The highest BCUT2D eigenvalue weighted by Crippen LogP contribution is 2.23. The van der Waals surface area contributed by atoms with Crippen molar-refractivity contribution in [2.75, 3.05) is 0 Å². The Kier molecular flexibility index (Phi) is 4.83. The van der Waals surface area contributed by atoms with E-state index in [0.29, 0.717) is 0 Å². The summed E-state index contributed by atoms with van der Waals surface area (Å²) in [5, 5.41) is 0. The van der Waals surface area contributed by atoms with Gasteiger partial charge in [-0.3, -0.25) is 0 Å². The number of hydrogen-bond donors (Lipinski definition) is 1. The maximum atomic E-state index is 6.30. The first kappa shape index (κ1) is 12.3. The lowest BCUT2D eigenvalue weighted by Gasteiger charge is -2.25. The van der Waals surface area contributed by atoms with Crippen molar-refractivity contribution < 1.29 is 0 Å². The first-order chi connectivity index (χ1) is 7.17. The molecule has 0 aliphatic carbocycles. The molecule has 1 atom stereocenters. The fraction of sp³-hybridized carbons (Fsp3) is 0.571. The highest BCUT2D eigenvalue weighted by atomic mass is 14.7. The Morgan fingerprint density at radius 3 is 2.73 bits per heavy atom. The van der Waals surface area contributed by atoms with Crippen LogP contribution < -0.4 is 5.73 Å². The molecule has 83 valence electrons. The lowest BCUT2D eigenvalue weighted by atomic mass is 9.88. The fourth-order valence-corrected chi connectivity index (χ4v) is 1.81. The smallest absolute Gasteiger partial charge is 0.0381 e. The summed E-state index contributed by atoms with van der Waals surface area (Å²) in [6, 6.07) is 11.1. The van der Waals surface area contributed by atoms with E-state index in [4.69, 9.17) is 5.73 Å². The van der Waals surface area contributed by atoms with Crippen LogP contribution in [-0.2, 0) is 5.54 Å². The molecule has 0 fully saturated rings. The van der Waals surface area contributed by atoms with E-state index in [0.717, 1.165) is 6.42 Å². The van der Waals surface area contributed by atoms with E-state index in [1.165, 1.54) is 31.2 Å². The lowest BCUT2D eigenvalue weighted by Crippen LogP contribution is -2.32. The minimum Gasteiger partial charge on any atom is -0.322 e. The summed E-state index contributed by atoms with van der Waals surface area (Å²) in [4.78, 5) is 0. The fourth-order valence-electron chi connectivity index (χ4n) is 1.81. The van der Waals surface area contributed by atoms with Crippen LogP contribution in [0.15, 0.2) is 24.3 Å². The van der Waals surface area contributed by atoms with E-state index in [2.05, 4.69) is 26.0 Å². The van der Waals surface area contributed by atoms with E-state index in [-0.39, 0.29) is 5.54 Å². The molecule has 1 unspecified atom stereocenters. The molecular formula is C14H22N. The topological polar surface area (TPSA) is 26.0 Å². The number of hydrogen-bond acceptors (Lipinski definition) is 1. The standard InChI is InChI=1S/C14H22N/c1-3-4-5-9-12-14(2,15)13-10-7-6-8-11-13/h6-7,10-11H,3-5,9,12,15H2,1-2H3. The second kappa shape index (κ2) is 5.92. The van der Waals surface area contributed by atoms with Crippen LogP contribution in [0, 0.1) is 6.07 Å². The molecule has 1 rings (SSSR count). The second-order valence-electron chi connectivity index (χ2n) is 4.52. The molecule has 0 saturated carbocycles. The zero-order valence-electron chi connectivity index (χ0n) is 9.92. The molecule has 0 aliphatic rings. The van der Waals surface area contributed by atoms with Crippen LogP contribution in [0.3, 0.4) is 0 Å². The predicted octanol–water partition coefficient (Wildman–Crippen LogP) is 3.63. The third-order valence-electron chi connectivity index (χ3n) is 2.92. The maximum absolute atomic E-state index is 6.30. The minimum absolute atomic E-state index is 0.189. The van der Waals surface area contributed by atoms with Gasteiger partial charge in [-0.15, -0.1) is 0 Å². The summed E-state index contributed by atoms with van der Waals surface area (Å²) in [6.45, 7) is 4.34. The van der Waals surface area contributed by atoms with E-state index in [1.54, 1.807) is 0 Å². The van der Waals surface area contributed by atoms with Crippen molar-refractivity contribution in [3.63, 3.8) is 0 Å². The number of benzene rings is 1. The molecule has 0 saturated heterocycles. The summed E-state index contributed by atoms with van der Waals surface area (Å²) >= 11 is 0. The normalized spacial score (nSPS) is 14.9. The SMILES string of the molecule is CCCCCCC(C)(N)c1c[c]ccc1. The van der Waals surface area contributed by atoms with Crippen LogP contribution in [0.2, 0.25) is 0 Å². The molecule has 1 radical (unpaired) electrons. The third kappa shape index (κ3) is 4.05. The van der Waals surface area contributed by atoms with Crippen molar-refractivity contribution in [3.05, 3.63) is 35.9 Å². The highest BCUT2D eigenvalue weighted by molar-refractivity contribution is 5.21. The Hall–Kier alpha value is -0.820. The molecule has 1 aromatic rings. The Labute approximate surface area is 93.7 Å². The third-order valence-corrected chi connectivity index (χ3v) is 2.92. The van der Waals surface area contributed by atoms with Gasteiger partial charge in [-0.25, -0.2) is 0 Å². The van der Waals surface area contributed by atoms with Crippen LogP contribution in [0.1, 0.15) is 51.5 Å². The maximum Gasteiger partial charge on any atom is 0.0381 e. The molecule has 0 aliphatic heterocycles. The number of nitrogens with two attached hydrogens (primary N) is 1. The van der Waals surface area contributed by atoms with Gasteiger partial charge in [0.05, 0.1) is 0 Å². The summed E-state index contributed by atoms with van der Waals surface area (Å²) in [6.07, 6.45) is 6.16. The van der Waals surface area contributed by atoms with Crippen LogP contribution >= 0.6 is 0 Å². The molecule has 2 N–H and O–H groups in total. The van der Waals surface area contributed by atoms with Gasteiger partial charge in [-0.05, 0) is 31.0 Å². The molecule has 1 aromatic carbocycles. The van der Waals surface area contributed by atoms with Crippen molar-refractivity contribution in [1.29, 1.82) is 0 Å². The molecule has 0 bridgehead atoms. The zero-order chi connectivity index (χ0) is 11.1. The van der Waals surface area contributed by atoms with E-state index < -0.39 is 0 Å². The average Bonchev–Trinajstić information content (AvgIpc) is 2.26. The van der Waals surface area contributed by atoms with Crippen molar-refractivity contribution in [2.45, 2.75) is 51.5 Å². The molecule has 15 heavy (non-hydrogen) atoms. The van der Waals surface area contributed by atoms with Gasteiger partial charge in [0.2, 0.25) is 0 Å². The predicted molar refractivity (Wildman–Crippen MR) is 65.6 cm³/mol. The van der Waals surface area contributed by atoms with Crippen LogP contribution in [0.25, 0.3) is 0 Å². The van der Waals surface area contributed by atoms with E-state index in [1.807, 2.05) is 18.2 Å². The number of unbranched alkanes of at least 4 members (excludes halogenated alkanes) is 3. The van der Waals surface area contributed by atoms with Gasteiger partial charge in [-0.1, -0.05) is 50.8 Å². The number of rotatable bonds is 6. The van der Waals surface area contributed by atoms with Gasteiger partial charge >= 0.3 is 0 Å². The van der Waals surface area contributed by atoms with Crippen LogP contribution in [0.4, 0.5) is 0 Å². The lowest BCUT2D eigenvalue weighted by molar-refractivity contribution is 0.424. The second-order valence-corrected chi connectivity index (χ2v) is 4.52. The summed E-state index contributed by atoms with van der Waals surface area (Å²) in [5.41, 5.74) is 7.31. The van der Waals surface area contributed by atoms with Gasteiger partial charge < -0.3 is 5.73 Å². The molecule has 0 spiro atoms. The molecule has 0 heterocycles. The molecule has 0 amide bonds. The molecule has 1 nitrogen and oxygen atoms in total. The van der Waals surface area contributed by atoms with E-state index >= 15 is 0 Å². The van der Waals surface area contributed by atoms with Crippen LogP contribution in [-0.4, -0.2) is 0 Å². The monoisotopic (exact) mass is 204 g/mol. The molecular weight excluding hydrogens is 182 g/mol. The quantitative estimate of drug-likeness (QED) is 0.703. The van der Waals surface area contributed by atoms with Crippen LogP contribution in [0.5, 0.6) is 0 Å². The Bertz CT molecular complexity index is 264. The summed E-state index contributed by atoms with van der Waals surface area (Å²) < 4.78 is 0. The highest BCUT2D eigenvalue weighted by Gasteiger charge is 2.19. The van der Waals surface area contributed by atoms with Gasteiger partial charge in [0.15, 0.2) is 0 Å². The minimum atomic E-state index is -0.189. The summed E-state index contributed by atoms with van der Waals surface area (Å²) in [5.74, 6) is 0. The van der Waals surface area contributed by atoms with Crippen molar-refractivity contribution >= 4 is 0 Å². The molecule has 0 aromatic heterocycles. The van der Waals surface area contributed by atoms with E-state index in [9.17, 15) is 0 Å². The van der Waals surface area contributed by atoms with Crippen molar-refractivity contribution in [3.8, 4) is 0 Å². The summed E-state index contributed by atoms with van der Waals surface area (Å²) in [7, 11) is 0. The Morgan fingerprint density at radius 2 is 2.13 bits per heavy atom. The van der Waals surface area contributed by atoms with Gasteiger partial charge in [0.1, 0.15) is 0 Å².